The number of benzene rings is 1. The summed E-state index contributed by atoms with van der Waals surface area (Å²) in [5, 5.41) is 3.66. The Bertz CT molecular complexity index is 423. The SMILES string of the molecule is CCCNCC1(c2cccc(C)c2)CC2(CC2)C1. The molecule has 2 saturated carbocycles. The summed E-state index contributed by atoms with van der Waals surface area (Å²) < 4.78 is 0. The number of hydrogen-bond donors (Lipinski definition) is 1. The Morgan fingerprint density at radius 1 is 1.22 bits per heavy atom. The molecule has 0 radical (unpaired) electrons. The van der Waals surface area contributed by atoms with Gasteiger partial charge in [0.15, 0.2) is 0 Å². The van der Waals surface area contributed by atoms with Crippen molar-refractivity contribution in [2.24, 2.45) is 5.41 Å². The monoisotopic (exact) mass is 243 g/mol. The molecular weight excluding hydrogens is 218 g/mol. The van der Waals surface area contributed by atoms with Crippen LogP contribution in [0, 0.1) is 12.3 Å². The fraction of sp³-hybridized carbons (Fsp3) is 0.647. The standard InChI is InChI=1S/C17H25N/c1-3-9-18-13-17(11-16(12-17)7-8-16)15-6-4-5-14(2)10-15/h4-6,10,18H,3,7-9,11-13H2,1-2H3. The fourth-order valence-electron chi connectivity index (χ4n) is 3.82. The summed E-state index contributed by atoms with van der Waals surface area (Å²) in [6.07, 6.45) is 7.03. The van der Waals surface area contributed by atoms with E-state index in [-0.39, 0.29) is 0 Å². The van der Waals surface area contributed by atoms with E-state index in [0.29, 0.717) is 5.41 Å². The molecule has 1 aromatic rings. The Morgan fingerprint density at radius 3 is 2.61 bits per heavy atom. The molecule has 1 heteroatoms. The zero-order valence-electron chi connectivity index (χ0n) is 11.8. The van der Waals surface area contributed by atoms with Crippen molar-refractivity contribution in [2.45, 2.75) is 51.4 Å². The van der Waals surface area contributed by atoms with Gasteiger partial charge in [-0.2, -0.15) is 0 Å². The molecule has 2 aliphatic carbocycles. The van der Waals surface area contributed by atoms with Gasteiger partial charge >= 0.3 is 0 Å². The highest BCUT2D eigenvalue weighted by Gasteiger charge is 2.60. The highest BCUT2D eigenvalue weighted by atomic mass is 14.9. The molecule has 0 bridgehead atoms. The van der Waals surface area contributed by atoms with Gasteiger partial charge in [0.05, 0.1) is 0 Å². The lowest BCUT2D eigenvalue weighted by molar-refractivity contribution is 0.116. The summed E-state index contributed by atoms with van der Waals surface area (Å²) >= 11 is 0. The van der Waals surface area contributed by atoms with Crippen LogP contribution in [-0.4, -0.2) is 13.1 Å². The molecule has 2 aliphatic rings. The lowest BCUT2D eigenvalue weighted by atomic mass is 9.56. The third-order valence-corrected chi connectivity index (χ3v) is 4.90. The van der Waals surface area contributed by atoms with Crippen LogP contribution in [0.25, 0.3) is 0 Å². The van der Waals surface area contributed by atoms with Gasteiger partial charge in [0.1, 0.15) is 0 Å². The number of nitrogens with one attached hydrogen (secondary N) is 1. The van der Waals surface area contributed by atoms with Crippen molar-refractivity contribution < 1.29 is 0 Å². The Morgan fingerprint density at radius 2 is 2.00 bits per heavy atom. The topological polar surface area (TPSA) is 12.0 Å². The van der Waals surface area contributed by atoms with Crippen molar-refractivity contribution in [3.05, 3.63) is 35.4 Å². The third kappa shape index (κ3) is 2.09. The first-order valence-electron chi connectivity index (χ1n) is 7.46. The van der Waals surface area contributed by atoms with Crippen LogP contribution >= 0.6 is 0 Å². The number of rotatable bonds is 5. The molecule has 1 nitrogen and oxygen atoms in total. The van der Waals surface area contributed by atoms with Crippen LogP contribution in [0.4, 0.5) is 0 Å². The first-order valence-corrected chi connectivity index (χ1v) is 7.46. The van der Waals surface area contributed by atoms with Crippen LogP contribution in [-0.2, 0) is 5.41 Å². The average molecular weight is 243 g/mol. The zero-order chi connectivity index (χ0) is 12.6. The number of hydrogen-bond acceptors (Lipinski definition) is 1. The molecule has 0 aliphatic heterocycles. The van der Waals surface area contributed by atoms with Crippen molar-refractivity contribution in [3.63, 3.8) is 0 Å². The van der Waals surface area contributed by atoms with E-state index in [9.17, 15) is 0 Å². The largest absolute Gasteiger partial charge is 0.316 e. The molecule has 0 aromatic heterocycles. The Kier molecular flexibility index (Phi) is 2.97. The molecule has 3 rings (SSSR count). The van der Waals surface area contributed by atoms with Gasteiger partial charge in [0.2, 0.25) is 0 Å². The van der Waals surface area contributed by atoms with Crippen LogP contribution in [0.2, 0.25) is 0 Å². The zero-order valence-corrected chi connectivity index (χ0v) is 11.8. The number of aryl methyl sites for hydroxylation is 1. The first kappa shape index (κ1) is 12.2. The molecule has 0 saturated heterocycles. The minimum atomic E-state index is 0.442. The van der Waals surface area contributed by atoms with Crippen molar-refractivity contribution in [3.8, 4) is 0 Å². The minimum Gasteiger partial charge on any atom is -0.316 e. The van der Waals surface area contributed by atoms with E-state index in [1.54, 1.807) is 5.56 Å². The smallest absolute Gasteiger partial charge is 0.00884 e. The van der Waals surface area contributed by atoms with Gasteiger partial charge in [-0.15, -0.1) is 0 Å². The second-order valence-electron chi connectivity index (χ2n) is 6.68. The molecule has 0 heterocycles. The first-order chi connectivity index (χ1) is 8.68. The summed E-state index contributed by atoms with van der Waals surface area (Å²) in [6.45, 7) is 6.78. The molecule has 98 valence electrons. The van der Waals surface area contributed by atoms with Crippen molar-refractivity contribution in [2.75, 3.05) is 13.1 Å². The summed E-state index contributed by atoms with van der Waals surface area (Å²) in [7, 11) is 0. The predicted octanol–water partition coefficient (Wildman–Crippen LogP) is 3.81. The second kappa shape index (κ2) is 4.38. The summed E-state index contributed by atoms with van der Waals surface area (Å²) in [4.78, 5) is 0. The lowest BCUT2D eigenvalue weighted by Gasteiger charge is -2.50. The van der Waals surface area contributed by atoms with Crippen LogP contribution < -0.4 is 5.32 Å². The van der Waals surface area contributed by atoms with Gasteiger partial charge < -0.3 is 5.32 Å². The molecule has 18 heavy (non-hydrogen) atoms. The Labute approximate surface area is 111 Å². The van der Waals surface area contributed by atoms with E-state index in [0.717, 1.165) is 12.0 Å². The maximum absolute atomic E-state index is 3.66. The van der Waals surface area contributed by atoms with Crippen LogP contribution in [0.15, 0.2) is 24.3 Å². The summed E-state index contributed by atoms with van der Waals surface area (Å²) in [5.74, 6) is 0. The van der Waals surface area contributed by atoms with Gasteiger partial charge in [-0.05, 0) is 56.6 Å². The van der Waals surface area contributed by atoms with E-state index >= 15 is 0 Å². The second-order valence-corrected chi connectivity index (χ2v) is 6.68. The van der Waals surface area contributed by atoms with Gasteiger partial charge in [0.25, 0.3) is 0 Å². The van der Waals surface area contributed by atoms with Crippen molar-refractivity contribution in [1.82, 2.24) is 5.32 Å². The normalized spacial score (nSPS) is 22.8. The van der Waals surface area contributed by atoms with E-state index in [1.807, 2.05) is 0 Å². The van der Waals surface area contributed by atoms with Gasteiger partial charge in [-0.3, -0.25) is 0 Å². The van der Waals surface area contributed by atoms with E-state index < -0.39 is 0 Å². The van der Waals surface area contributed by atoms with E-state index in [2.05, 4.69) is 43.4 Å². The maximum atomic E-state index is 3.66. The van der Waals surface area contributed by atoms with Crippen molar-refractivity contribution in [1.29, 1.82) is 0 Å². The summed E-state index contributed by atoms with van der Waals surface area (Å²) in [5.41, 5.74) is 4.18. The fourth-order valence-corrected chi connectivity index (χ4v) is 3.82. The van der Waals surface area contributed by atoms with Gasteiger partial charge in [-0.25, -0.2) is 0 Å². The van der Waals surface area contributed by atoms with Crippen LogP contribution in [0.3, 0.4) is 0 Å². The molecule has 1 spiro atoms. The summed E-state index contributed by atoms with van der Waals surface area (Å²) in [6, 6.07) is 9.19. The Balaban J connectivity index is 1.77. The maximum Gasteiger partial charge on any atom is 0.00884 e. The molecule has 0 atom stereocenters. The Hall–Kier alpha value is -0.820. The lowest BCUT2D eigenvalue weighted by Crippen LogP contribution is -2.49. The average Bonchev–Trinajstić information content (AvgIpc) is 3.08. The van der Waals surface area contributed by atoms with Gasteiger partial charge in [-0.1, -0.05) is 36.8 Å². The highest BCUT2D eigenvalue weighted by Crippen LogP contribution is 2.68. The third-order valence-electron chi connectivity index (χ3n) is 4.90. The van der Waals surface area contributed by atoms with E-state index in [1.165, 1.54) is 44.2 Å². The quantitative estimate of drug-likeness (QED) is 0.776. The molecule has 1 aromatic carbocycles. The minimum absolute atomic E-state index is 0.442. The predicted molar refractivity (Wildman–Crippen MR) is 76.9 cm³/mol. The molecule has 0 amide bonds. The van der Waals surface area contributed by atoms with Gasteiger partial charge in [0, 0.05) is 12.0 Å². The molecule has 0 unspecified atom stereocenters. The molecule has 2 fully saturated rings. The molecular formula is C17H25N. The van der Waals surface area contributed by atoms with E-state index in [4.69, 9.17) is 0 Å². The van der Waals surface area contributed by atoms with Crippen LogP contribution in [0.1, 0.15) is 50.2 Å². The molecule has 1 N–H and O–H groups in total. The van der Waals surface area contributed by atoms with Crippen molar-refractivity contribution >= 4 is 0 Å². The highest BCUT2D eigenvalue weighted by molar-refractivity contribution is 5.36. The van der Waals surface area contributed by atoms with Crippen LogP contribution in [0.5, 0.6) is 0 Å².